The van der Waals surface area contributed by atoms with Crippen LogP contribution in [0.1, 0.15) is 25.3 Å². The van der Waals surface area contributed by atoms with Crippen molar-refractivity contribution >= 4 is 17.0 Å². The van der Waals surface area contributed by atoms with Gasteiger partial charge >= 0.3 is 0 Å². The Morgan fingerprint density at radius 2 is 1.91 bits per heavy atom. The summed E-state index contributed by atoms with van der Waals surface area (Å²) in [5.74, 6) is -0.525. The molecule has 8 heteroatoms. The van der Waals surface area contributed by atoms with Crippen LogP contribution in [0.25, 0.3) is 22.4 Å². The molecule has 0 saturated heterocycles. The summed E-state index contributed by atoms with van der Waals surface area (Å²) in [6.45, 7) is 2.14. The normalized spacial score (nSPS) is 12.1. The van der Waals surface area contributed by atoms with Crippen molar-refractivity contribution in [1.82, 2.24) is 20.0 Å². The van der Waals surface area contributed by atoms with Gasteiger partial charge in [-0.25, -0.2) is 9.37 Å². The van der Waals surface area contributed by atoms with Crippen LogP contribution in [0.2, 0.25) is 0 Å². The number of amides is 1. The molecule has 0 aliphatic rings. The largest absolute Gasteiger partial charge is 0.354 e. The first-order valence-corrected chi connectivity index (χ1v) is 10.5. The average molecular weight is 434 g/mol. The van der Waals surface area contributed by atoms with Gasteiger partial charge in [0.15, 0.2) is 0 Å². The number of rotatable bonds is 8. The zero-order valence-electron chi connectivity index (χ0n) is 17.6. The van der Waals surface area contributed by atoms with Crippen LogP contribution in [-0.2, 0) is 17.8 Å². The second kappa shape index (κ2) is 9.55. The molecule has 4 aromatic rings. The van der Waals surface area contributed by atoms with Gasteiger partial charge in [-0.15, -0.1) is 0 Å². The zero-order chi connectivity index (χ0) is 22.5. The van der Waals surface area contributed by atoms with Gasteiger partial charge in [0.05, 0.1) is 0 Å². The number of benzene rings is 2. The third-order valence-electron chi connectivity index (χ3n) is 5.28. The molecular formula is C24H23FN4O3. The monoisotopic (exact) mass is 434 g/mol. The quantitative estimate of drug-likeness (QED) is 0.457. The Kier molecular flexibility index (Phi) is 6.39. The lowest BCUT2D eigenvalue weighted by molar-refractivity contribution is -0.121. The summed E-state index contributed by atoms with van der Waals surface area (Å²) in [6, 6.07) is 15.7. The summed E-state index contributed by atoms with van der Waals surface area (Å²) in [5.41, 5.74) is 1.81. The van der Waals surface area contributed by atoms with Gasteiger partial charge in [0.2, 0.25) is 5.91 Å². The summed E-state index contributed by atoms with van der Waals surface area (Å²) in [5, 5.41) is 7.10. The number of nitrogens with zero attached hydrogens (tertiary/aromatic N) is 3. The molecule has 0 radical (unpaired) electrons. The molecule has 0 spiro atoms. The van der Waals surface area contributed by atoms with Crippen molar-refractivity contribution < 1.29 is 13.7 Å². The third kappa shape index (κ3) is 4.91. The molecule has 0 aliphatic carbocycles. The molecule has 2 heterocycles. The first kappa shape index (κ1) is 21.4. The molecule has 4 rings (SSSR count). The number of halogens is 1. The predicted octanol–water partition coefficient (Wildman–Crippen LogP) is 3.72. The number of hydrogen-bond donors (Lipinski definition) is 1. The van der Waals surface area contributed by atoms with E-state index >= 15 is 0 Å². The smallest absolute Gasteiger partial charge is 0.266 e. The number of aryl methyl sites for hydroxylation is 2. The molecule has 0 fully saturated rings. The van der Waals surface area contributed by atoms with Crippen LogP contribution in [0.4, 0.5) is 4.39 Å². The molecule has 0 aliphatic heterocycles. The molecule has 0 saturated carbocycles. The minimum atomic E-state index is -0.388. The fourth-order valence-electron chi connectivity index (χ4n) is 3.51. The van der Waals surface area contributed by atoms with E-state index < -0.39 is 0 Å². The topological polar surface area (TPSA) is 90.0 Å². The van der Waals surface area contributed by atoms with E-state index in [0.29, 0.717) is 11.3 Å². The van der Waals surface area contributed by atoms with E-state index in [4.69, 9.17) is 4.52 Å². The van der Waals surface area contributed by atoms with Crippen molar-refractivity contribution in [3.05, 3.63) is 82.7 Å². The highest BCUT2D eigenvalue weighted by Crippen LogP contribution is 2.24. The second-order valence-electron chi connectivity index (χ2n) is 7.70. The SMILES string of the molecule is C[C@@H](CCc1ccccc1)NC(=O)CCn1cnc2onc(-c3ccc(F)cc3)c2c1=O. The van der Waals surface area contributed by atoms with Gasteiger partial charge in [-0.05, 0) is 49.6 Å². The maximum Gasteiger partial charge on any atom is 0.266 e. The second-order valence-corrected chi connectivity index (χ2v) is 7.70. The molecule has 2 aromatic carbocycles. The van der Waals surface area contributed by atoms with Crippen LogP contribution >= 0.6 is 0 Å². The van der Waals surface area contributed by atoms with Crippen LogP contribution in [-0.4, -0.2) is 26.7 Å². The number of aromatic nitrogens is 3. The number of hydrogen-bond acceptors (Lipinski definition) is 5. The van der Waals surface area contributed by atoms with Crippen LogP contribution in [0, 0.1) is 5.82 Å². The van der Waals surface area contributed by atoms with Gasteiger partial charge in [-0.2, -0.15) is 0 Å². The van der Waals surface area contributed by atoms with Crippen molar-refractivity contribution in [2.75, 3.05) is 0 Å². The molecule has 0 bridgehead atoms. The van der Waals surface area contributed by atoms with E-state index in [1.54, 1.807) is 0 Å². The Hall–Kier alpha value is -3.81. The first-order valence-electron chi connectivity index (χ1n) is 10.5. The molecule has 0 unspecified atom stereocenters. The van der Waals surface area contributed by atoms with Gasteiger partial charge in [0.25, 0.3) is 11.3 Å². The molecule has 1 amide bonds. The van der Waals surface area contributed by atoms with Crippen molar-refractivity contribution in [2.24, 2.45) is 0 Å². The van der Waals surface area contributed by atoms with Crippen molar-refractivity contribution in [3.63, 3.8) is 0 Å². The fraction of sp³-hybridized carbons (Fsp3) is 0.250. The Morgan fingerprint density at radius 3 is 2.66 bits per heavy atom. The highest BCUT2D eigenvalue weighted by Gasteiger charge is 2.17. The van der Waals surface area contributed by atoms with E-state index in [0.717, 1.165) is 12.8 Å². The van der Waals surface area contributed by atoms with E-state index in [1.165, 1.54) is 40.7 Å². The van der Waals surface area contributed by atoms with Gasteiger partial charge in [0, 0.05) is 24.6 Å². The Bertz CT molecular complexity index is 1270. The van der Waals surface area contributed by atoms with Gasteiger partial charge < -0.3 is 9.84 Å². The third-order valence-corrected chi connectivity index (χ3v) is 5.28. The van der Waals surface area contributed by atoms with Gasteiger partial charge in [0.1, 0.15) is 23.2 Å². The average Bonchev–Trinajstić information content (AvgIpc) is 3.23. The summed E-state index contributed by atoms with van der Waals surface area (Å²) in [4.78, 5) is 29.5. The van der Waals surface area contributed by atoms with Gasteiger partial charge in [-0.1, -0.05) is 35.5 Å². The number of nitrogens with one attached hydrogen (secondary N) is 1. The predicted molar refractivity (Wildman–Crippen MR) is 118 cm³/mol. The lowest BCUT2D eigenvalue weighted by Crippen LogP contribution is -2.34. The summed E-state index contributed by atoms with van der Waals surface area (Å²) < 4.78 is 19.8. The van der Waals surface area contributed by atoms with E-state index in [1.807, 2.05) is 25.1 Å². The Balaban J connectivity index is 1.40. The maximum atomic E-state index is 13.2. The maximum absolute atomic E-state index is 13.2. The van der Waals surface area contributed by atoms with Gasteiger partial charge in [-0.3, -0.25) is 14.2 Å². The minimum Gasteiger partial charge on any atom is -0.354 e. The van der Waals surface area contributed by atoms with Crippen molar-refractivity contribution in [3.8, 4) is 11.3 Å². The molecule has 164 valence electrons. The molecule has 1 atom stereocenters. The number of carbonyl (C=O) groups is 1. The standard InChI is InChI=1S/C24H23FN4O3/c1-16(7-8-17-5-3-2-4-6-17)27-20(30)13-14-29-15-26-23-21(24(29)31)22(28-32-23)18-9-11-19(25)12-10-18/h2-6,9-12,15-16H,7-8,13-14H2,1H3,(H,27,30)/t16-/m0/s1. The fourth-order valence-corrected chi connectivity index (χ4v) is 3.51. The Morgan fingerprint density at radius 1 is 1.16 bits per heavy atom. The number of carbonyl (C=O) groups excluding carboxylic acids is 1. The first-order chi connectivity index (χ1) is 15.5. The van der Waals surface area contributed by atoms with Crippen molar-refractivity contribution in [1.29, 1.82) is 0 Å². The minimum absolute atomic E-state index is 0.0168. The van der Waals surface area contributed by atoms with Crippen LogP contribution in [0.15, 0.2) is 70.2 Å². The molecule has 1 N–H and O–H groups in total. The highest BCUT2D eigenvalue weighted by atomic mass is 19.1. The van der Waals surface area contributed by atoms with Crippen LogP contribution in [0.3, 0.4) is 0 Å². The highest BCUT2D eigenvalue weighted by molar-refractivity contribution is 5.88. The van der Waals surface area contributed by atoms with Crippen LogP contribution < -0.4 is 10.9 Å². The lowest BCUT2D eigenvalue weighted by Gasteiger charge is -2.14. The number of fused-ring (bicyclic) bond motifs is 1. The Labute approximate surface area is 183 Å². The molecule has 7 nitrogen and oxygen atoms in total. The van der Waals surface area contributed by atoms with E-state index in [9.17, 15) is 14.0 Å². The van der Waals surface area contributed by atoms with E-state index in [-0.39, 0.29) is 47.4 Å². The lowest BCUT2D eigenvalue weighted by atomic mass is 10.1. The molecule has 32 heavy (non-hydrogen) atoms. The summed E-state index contributed by atoms with van der Waals surface area (Å²) in [6.07, 6.45) is 3.18. The van der Waals surface area contributed by atoms with E-state index in [2.05, 4.69) is 27.6 Å². The summed E-state index contributed by atoms with van der Waals surface area (Å²) in [7, 11) is 0. The van der Waals surface area contributed by atoms with Crippen LogP contribution in [0.5, 0.6) is 0 Å². The van der Waals surface area contributed by atoms with Crippen molar-refractivity contribution in [2.45, 2.75) is 38.8 Å². The molecule has 2 aromatic heterocycles. The summed E-state index contributed by atoms with van der Waals surface area (Å²) >= 11 is 0. The zero-order valence-corrected chi connectivity index (χ0v) is 17.6. The molecular weight excluding hydrogens is 411 g/mol.